The van der Waals surface area contributed by atoms with E-state index in [0.717, 1.165) is 48.3 Å². The minimum Gasteiger partial charge on any atom is -0.463 e. The van der Waals surface area contributed by atoms with E-state index in [1.807, 2.05) is 0 Å². The smallest absolute Gasteiger partial charge is 0.302 e. The van der Waals surface area contributed by atoms with Crippen LogP contribution in [0, 0.1) is 34.5 Å². The van der Waals surface area contributed by atoms with Gasteiger partial charge in [-0.15, -0.1) is 0 Å². The van der Waals surface area contributed by atoms with Crippen molar-refractivity contribution in [2.45, 2.75) is 90.8 Å². The predicted octanol–water partition coefficient (Wildman–Crippen LogP) is 5.55. The van der Waals surface area contributed by atoms with Crippen LogP contribution in [0.3, 0.4) is 0 Å². The van der Waals surface area contributed by atoms with Crippen molar-refractivity contribution in [2.75, 3.05) is 0 Å². The lowest BCUT2D eigenvalue weighted by atomic mass is 9.45. The predicted molar refractivity (Wildman–Crippen MR) is 138 cm³/mol. The fourth-order valence-electron chi connectivity index (χ4n) is 9.37. The monoisotopic (exact) mass is 475 g/mol. The van der Waals surface area contributed by atoms with Crippen molar-refractivity contribution in [3.05, 3.63) is 47.0 Å². The van der Waals surface area contributed by atoms with Gasteiger partial charge in [0.1, 0.15) is 12.3 Å². The molecule has 1 aromatic carbocycles. The highest BCUT2D eigenvalue weighted by atomic mass is 16.5. The van der Waals surface area contributed by atoms with Crippen molar-refractivity contribution in [3.63, 3.8) is 0 Å². The fraction of sp³-hybridized carbons (Fsp3) is 0.667. The third-order valence-corrected chi connectivity index (χ3v) is 11.0. The molecule has 5 nitrogen and oxygen atoms in total. The van der Waals surface area contributed by atoms with Gasteiger partial charge in [0, 0.05) is 18.1 Å². The lowest BCUT2D eigenvalue weighted by Gasteiger charge is -2.60. The molecular weight excluding hydrogens is 434 g/mol. The Labute approximate surface area is 210 Å². The van der Waals surface area contributed by atoms with E-state index >= 15 is 0 Å². The van der Waals surface area contributed by atoms with E-state index in [0.29, 0.717) is 11.3 Å². The van der Waals surface area contributed by atoms with Crippen molar-refractivity contribution in [1.29, 1.82) is 0 Å². The van der Waals surface area contributed by atoms with Crippen LogP contribution in [-0.4, -0.2) is 24.0 Å². The van der Waals surface area contributed by atoms with Gasteiger partial charge in [0.15, 0.2) is 0 Å². The number of fused-ring (bicyclic) bond motifs is 5. The molecule has 4 fully saturated rings. The molecule has 0 amide bonds. The van der Waals surface area contributed by atoms with Gasteiger partial charge in [0.05, 0.1) is 5.71 Å². The van der Waals surface area contributed by atoms with E-state index in [9.17, 15) is 4.79 Å². The second-order valence-corrected chi connectivity index (χ2v) is 12.5. The quantitative estimate of drug-likeness (QED) is 0.550. The first kappa shape index (κ1) is 23.3. The van der Waals surface area contributed by atoms with Gasteiger partial charge in [-0.05, 0) is 92.3 Å². The second-order valence-electron chi connectivity index (χ2n) is 12.5. The van der Waals surface area contributed by atoms with Crippen LogP contribution in [0.5, 0.6) is 0 Å². The molecule has 35 heavy (non-hydrogen) atoms. The maximum atomic E-state index is 11.6. The average Bonchev–Trinajstić information content (AvgIpc) is 3.38. The summed E-state index contributed by atoms with van der Waals surface area (Å²) in [5.41, 5.74) is 15.5. The number of hydrogen-bond acceptors (Lipinski definition) is 5. The summed E-state index contributed by atoms with van der Waals surface area (Å²) >= 11 is 0. The molecule has 1 unspecified atom stereocenters. The Morgan fingerprint density at radius 3 is 2.63 bits per heavy atom. The van der Waals surface area contributed by atoms with Crippen LogP contribution in [-0.2, 0) is 9.53 Å². The van der Waals surface area contributed by atoms with Gasteiger partial charge < -0.3 is 10.5 Å². The van der Waals surface area contributed by atoms with E-state index in [-0.39, 0.29) is 23.7 Å². The second kappa shape index (κ2) is 8.47. The molecule has 0 saturated heterocycles. The highest BCUT2D eigenvalue weighted by Gasteiger charge is 2.60. The Hall–Kier alpha value is -2.14. The summed E-state index contributed by atoms with van der Waals surface area (Å²) in [5.74, 6) is 2.89. The van der Waals surface area contributed by atoms with E-state index < -0.39 is 0 Å². The summed E-state index contributed by atoms with van der Waals surface area (Å²) in [7, 11) is 0. The number of hydrazone groups is 1. The molecule has 1 aromatic rings. The first-order chi connectivity index (χ1) is 16.8. The Morgan fingerprint density at radius 1 is 1.06 bits per heavy atom. The van der Waals surface area contributed by atoms with Crippen molar-refractivity contribution in [1.82, 2.24) is 5.43 Å². The van der Waals surface area contributed by atoms with Gasteiger partial charge in [-0.3, -0.25) is 10.2 Å². The number of nitrogens with one attached hydrogen (secondary N) is 1. The van der Waals surface area contributed by atoms with Crippen LogP contribution in [0.2, 0.25) is 0 Å². The van der Waals surface area contributed by atoms with Crippen molar-refractivity contribution in [3.8, 4) is 0 Å². The zero-order valence-corrected chi connectivity index (χ0v) is 21.6. The van der Waals surface area contributed by atoms with Crippen LogP contribution in [0.4, 0.5) is 0 Å². The third kappa shape index (κ3) is 3.60. The number of rotatable bonds is 2. The summed E-state index contributed by atoms with van der Waals surface area (Å²) in [6.07, 6.45) is 10.8. The number of hydrogen-bond donors (Lipinski definition) is 2. The maximum Gasteiger partial charge on any atom is 0.302 e. The molecule has 3 N–H and O–H groups in total. The molecule has 5 heteroatoms. The van der Waals surface area contributed by atoms with Gasteiger partial charge in [-0.25, -0.2) is 0 Å². The lowest BCUT2D eigenvalue weighted by molar-refractivity contribution is -0.158. The molecule has 0 radical (unpaired) electrons. The number of nitrogens with two attached hydrogens (primary N) is 1. The minimum atomic E-state index is -0.210. The van der Waals surface area contributed by atoms with Crippen LogP contribution in [0.1, 0.15) is 84.1 Å². The molecule has 1 aliphatic heterocycles. The Kier molecular flexibility index (Phi) is 5.63. The third-order valence-electron chi connectivity index (χ3n) is 11.0. The maximum absolute atomic E-state index is 11.6. The Balaban J connectivity index is 1.28. The molecule has 5 aliphatic rings. The van der Waals surface area contributed by atoms with E-state index in [1.54, 1.807) is 12.5 Å². The molecular formula is C30H41N3O2. The first-order valence-electron chi connectivity index (χ1n) is 13.9. The highest BCUT2D eigenvalue weighted by Crippen LogP contribution is 2.68. The minimum absolute atomic E-state index is 0.120. The molecule has 6 rings (SSSR count). The number of carbonyl (C=O) groups excluding carboxylic acids is 1. The molecule has 8 atom stereocenters. The fourth-order valence-corrected chi connectivity index (χ4v) is 9.37. The number of esters is 1. The summed E-state index contributed by atoms with van der Waals surface area (Å²) in [5, 5.41) is 4.70. The van der Waals surface area contributed by atoms with Gasteiger partial charge in [-0.2, -0.15) is 5.10 Å². The topological polar surface area (TPSA) is 76.7 Å². The lowest BCUT2D eigenvalue weighted by Crippen LogP contribution is -2.53. The van der Waals surface area contributed by atoms with Crippen molar-refractivity contribution < 1.29 is 9.53 Å². The van der Waals surface area contributed by atoms with Crippen LogP contribution in [0.25, 0.3) is 0 Å². The number of benzene rings is 1. The molecule has 0 spiro atoms. The Morgan fingerprint density at radius 2 is 1.86 bits per heavy atom. The van der Waals surface area contributed by atoms with E-state index in [4.69, 9.17) is 15.6 Å². The SMILES string of the molecule is CC(=O)O[C@H]1CC[C@@]2(C)[C@@H](CC[C@@H]3[C@@H]2CC[C@]2(C)/C(=C4\C(c5ccccc5)=NNC4N)CC[C@@H]32)C1. The zero-order chi connectivity index (χ0) is 24.4. The normalized spacial score (nSPS) is 44.5. The van der Waals surface area contributed by atoms with Crippen molar-refractivity contribution >= 4 is 11.7 Å². The first-order valence-corrected chi connectivity index (χ1v) is 13.9. The van der Waals surface area contributed by atoms with Crippen LogP contribution >= 0.6 is 0 Å². The number of carbonyl (C=O) groups is 1. The van der Waals surface area contributed by atoms with E-state index in [2.05, 4.69) is 49.6 Å². The van der Waals surface area contributed by atoms with Gasteiger partial charge >= 0.3 is 5.97 Å². The molecule has 4 aliphatic carbocycles. The van der Waals surface area contributed by atoms with Crippen LogP contribution < -0.4 is 11.2 Å². The number of nitrogens with zero attached hydrogens (tertiary/aromatic N) is 1. The number of allylic oxidation sites excluding steroid dienone is 1. The molecule has 4 saturated carbocycles. The van der Waals surface area contributed by atoms with E-state index in [1.165, 1.54) is 44.1 Å². The average molecular weight is 476 g/mol. The van der Waals surface area contributed by atoms with Gasteiger partial charge in [0.2, 0.25) is 0 Å². The zero-order valence-electron chi connectivity index (χ0n) is 21.6. The largest absolute Gasteiger partial charge is 0.463 e. The molecule has 0 bridgehead atoms. The summed E-state index contributed by atoms with van der Waals surface area (Å²) in [4.78, 5) is 11.6. The summed E-state index contributed by atoms with van der Waals surface area (Å²) < 4.78 is 5.66. The summed E-state index contributed by atoms with van der Waals surface area (Å²) in [6, 6.07) is 10.5. The molecule has 0 aromatic heterocycles. The number of ether oxygens (including phenoxy) is 1. The Bertz CT molecular complexity index is 1060. The van der Waals surface area contributed by atoms with Crippen molar-refractivity contribution in [2.24, 2.45) is 45.3 Å². The highest BCUT2D eigenvalue weighted by molar-refractivity contribution is 6.14. The summed E-state index contributed by atoms with van der Waals surface area (Å²) in [6.45, 7) is 6.67. The van der Waals surface area contributed by atoms with Crippen LogP contribution in [0.15, 0.2) is 46.6 Å². The molecule has 188 valence electrons. The standard InChI is InChI=1S/C30H41N3O2/c1-18(34)35-21-13-15-29(2)20(17-21)9-10-22-23-11-12-25(30(23,3)16-14-24(22)29)26-27(32-33-28(26)31)19-7-5-4-6-8-19/h4-8,20-24,28,33H,9-17,31H2,1-3H3/b26-25+/t20-,21-,22-,23-,24-,28?,29-,30-/m0/s1. The van der Waals surface area contributed by atoms with Gasteiger partial charge in [-0.1, -0.05) is 49.8 Å². The molecule has 1 heterocycles. The van der Waals surface area contributed by atoms with Gasteiger partial charge in [0.25, 0.3) is 0 Å².